The highest BCUT2D eigenvalue weighted by molar-refractivity contribution is 6.06. The average Bonchev–Trinajstić information content (AvgIpc) is 2.77. The monoisotopic (exact) mass is 439 g/mol. The van der Waals surface area contributed by atoms with Crippen LogP contribution in [0.3, 0.4) is 0 Å². The highest BCUT2D eigenvalue weighted by atomic mass is 16.5. The summed E-state index contributed by atoms with van der Waals surface area (Å²) in [5.41, 5.74) is 7.42. The Morgan fingerprint density at radius 3 is 2.69 bits per heavy atom. The summed E-state index contributed by atoms with van der Waals surface area (Å²) < 4.78 is 11.3. The molecule has 1 aromatic heterocycles. The van der Waals surface area contributed by atoms with Crippen molar-refractivity contribution in [2.75, 3.05) is 12.8 Å². The minimum absolute atomic E-state index is 0.0151. The third kappa shape index (κ3) is 5.16. The minimum Gasteiger partial charge on any atom is -0.500 e. The maximum Gasteiger partial charge on any atom is 0.339 e. The van der Waals surface area contributed by atoms with E-state index in [-0.39, 0.29) is 23.4 Å². The van der Waals surface area contributed by atoms with Gasteiger partial charge in [0.2, 0.25) is 5.96 Å². The predicted octanol–water partition coefficient (Wildman–Crippen LogP) is 3.67. The van der Waals surface area contributed by atoms with Crippen molar-refractivity contribution in [1.29, 1.82) is 0 Å². The van der Waals surface area contributed by atoms with Crippen molar-refractivity contribution in [1.82, 2.24) is 10.3 Å². The fraction of sp³-hybridized carbons (Fsp3) is 0.391. The number of guanidine groups is 1. The molecule has 0 bridgehead atoms. The van der Waals surface area contributed by atoms with E-state index in [0.717, 1.165) is 25.7 Å². The van der Waals surface area contributed by atoms with E-state index >= 15 is 0 Å². The number of aromatic carboxylic acids is 1. The van der Waals surface area contributed by atoms with Crippen LogP contribution < -0.4 is 15.8 Å². The third-order valence-corrected chi connectivity index (χ3v) is 5.53. The molecule has 1 heterocycles. The van der Waals surface area contributed by atoms with Crippen LogP contribution >= 0.6 is 0 Å². The van der Waals surface area contributed by atoms with Gasteiger partial charge in [-0.25, -0.2) is 14.8 Å². The third-order valence-electron chi connectivity index (χ3n) is 5.53. The van der Waals surface area contributed by atoms with Crippen molar-refractivity contribution in [2.45, 2.75) is 51.7 Å². The number of nitrogens with one attached hydrogen (secondary N) is 1. The smallest absolute Gasteiger partial charge is 0.339 e. The molecule has 1 aliphatic carbocycles. The molecule has 3 rings (SSSR count). The van der Waals surface area contributed by atoms with E-state index in [2.05, 4.69) is 27.0 Å². The summed E-state index contributed by atoms with van der Waals surface area (Å²) in [5, 5.41) is 13.1. The molecule has 0 spiro atoms. The van der Waals surface area contributed by atoms with E-state index in [1.807, 2.05) is 13.0 Å². The molecular formula is C23H29N5O4. The van der Waals surface area contributed by atoms with Gasteiger partial charge < -0.3 is 25.6 Å². The molecular weight excluding hydrogens is 410 g/mol. The van der Waals surface area contributed by atoms with E-state index in [4.69, 9.17) is 15.2 Å². The van der Waals surface area contributed by atoms with Gasteiger partial charge in [-0.1, -0.05) is 6.07 Å². The molecule has 1 fully saturated rings. The first-order chi connectivity index (χ1) is 15.3. The van der Waals surface area contributed by atoms with Crippen LogP contribution in [0, 0.1) is 6.92 Å². The fourth-order valence-electron chi connectivity index (χ4n) is 3.80. The number of anilines is 1. The molecule has 9 heteroatoms. The van der Waals surface area contributed by atoms with Crippen LogP contribution in [0.25, 0.3) is 10.9 Å². The first-order valence-corrected chi connectivity index (χ1v) is 10.4. The van der Waals surface area contributed by atoms with Gasteiger partial charge in [0.05, 0.1) is 41.5 Å². The molecule has 0 amide bonds. The van der Waals surface area contributed by atoms with Crippen LogP contribution in [0.15, 0.2) is 40.1 Å². The van der Waals surface area contributed by atoms with E-state index in [0.29, 0.717) is 34.1 Å². The van der Waals surface area contributed by atoms with Gasteiger partial charge in [-0.3, -0.25) is 4.98 Å². The SMILES string of the molecule is C=NC(=NC1CCC(Oc2cccc3nc(C)c(C(=O)O)c(N)c23)CC1)N/C=C(\C)OC. The maximum absolute atomic E-state index is 11.6. The highest BCUT2D eigenvalue weighted by Crippen LogP contribution is 2.35. The topological polar surface area (TPSA) is 131 Å². The number of nitrogens with two attached hydrogens (primary N) is 1. The molecule has 1 aromatic carbocycles. The summed E-state index contributed by atoms with van der Waals surface area (Å²) in [6, 6.07) is 5.56. The lowest BCUT2D eigenvalue weighted by atomic mass is 9.93. The normalized spacial score (nSPS) is 19.5. The number of nitrogen functional groups attached to an aromatic ring is 1. The van der Waals surface area contributed by atoms with E-state index in [1.165, 1.54) is 0 Å². The molecule has 0 radical (unpaired) electrons. The number of rotatable bonds is 6. The lowest BCUT2D eigenvalue weighted by Gasteiger charge is -2.28. The largest absolute Gasteiger partial charge is 0.500 e. The Morgan fingerprint density at radius 1 is 1.34 bits per heavy atom. The van der Waals surface area contributed by atoms with Crippen LogP contribution in [-0.4, -0.2) is 48.0 Å². The van der Waals surface area contributed by atoms with Crippen LogP contribution in [0.4, 0.5) is 5.69 Å². The standard InChI is InChI=1S/C23H29N5O4/c1-13(31-4)12-26-23(25-3)28-15-8-10-16(11-9-15)32-18-7-5-6-17-20(18)21(24)19(22(29)30)14(2)27-17/h5-7,12,15-16H,3,8-11H2,1-2,4H3,(H2,24,27)(H,26,28)(H,29,30)/b13-12+. The summed E-state index contributed by atoms with van der Waals surface area (Å²) in [6.07, 6.45) is 4.92. The number of benzene rings is 1. The lowest BCUT2D eigenvalue weighted by molar-refractivity contribution is 0.0697. The van der Waals surface area contributed by atoms with Crippen LogP contribution in [-0.2, 0) is 4.74 Å². The zero-order valence-corrected chi connectivity index (χ0v) is 18.6. The molecule has 170 valence electrons. The van der Waals surface area contributed by atoms with Crippen molar-refractivity contribution >= 4 is 35.2 Å². The molecule has 2 aromatic rings. The number of carboxylic acid groups (broad SMARTS) is 1. The van der Waals surface area contributed by atoms with Crippen molar-refractivity contribution in [3.8, 4) is 5.75 Å². The second kappa shape index (κ2) is 10.1. The number of aliphatic imine (C=N–C) groups is 2. The lowest BCUT2D eigenvalue weighted by Crippen LogP contribution is -2.28. The van der Waals surface area contributed by atoms with Crippen molar-refractivity contribution < 1.29 is 19.4 Å². The van der Waals surface area contributed by atoms with Gasteiger partial charge in [-0.2, -0.15) is 0 Å². The Bertz CT molecular complexity index is 1070. The molecule has 0 atom stereocenters. The Labute approximate surface area is 187 Å². The van der Waals surface area contributed by atoms with Gasteiger partial charge in [-0.05, 0) is 58.4 Å². The average molecular weight is 440 g/mol. The molecule has 32 heavy (non-hydrogen) atoms. The van der Waals surface area contributed by atoms with Gasteiger partial charge in [-0.15, -0.1) is 0 Å². The Morgan fingerprint density at radius 2 is 2.06 bits per heavy atom. The second-order valence-corrected chi connectivity index (χ2v) is 7.70. The number of hydrogen-bond donors (Lipinski definition) is 3. The van der Waals surface area contributed by atoms with E-state index in [1.54, 1.807) is 32.4 Å². The number of ether oxygens (including phenoxy) is 2. The van der Waals surface area contributed by atoms with Gasteiger partial charge >= 0.3 is 5.97 Å². The quantitative estimate of drug-likeness (QED) is 0.355. The Kier molecular flexibility index (Phi) is 7.29. The molecule has 1 aliphatic rings. The highest BCUT2D eigenvalue weighted by Gasteiger charge is 2.25. The maximum atomic E-state index is 11.6. The van der Waals surface area contributed by atoms with Gasteiger partial charge in [0.1, 0.15) is 17.1 Å². The summed E-state index contributed by atoms with van der Waals surface area (Å²) >= 11 is 0. The number of hydrogen-bond acceptors (Lipinski definition) is 6. The summed E-state index contributed by atoms with van der Waals surface area (Å²) in [7, 11) is 1.59. The Hall–Kier alpha value is -3.62. The van der Waals surface area contributed by atoms with Gasteiger partial charge in [0, 0.05) is 6.20 Å². The minimum atomic E-state index is -1.10. The molecule has 0 unspecified atom stereocenters. The fourth-order valence-corrected chi connectivity index (χ4v) is 3.80. The van der Waals surface area contributed by atoms with Crippen molar-refractivity contribution in [3.63, 3.8) is 0 Å². The van der Waals surface area contributed by atoms with Gasteiger partial charge in [0.25, 0.3) is 0 Å². The number of methoxy groups -OCH3 is 1. The first kappa shape index (κ1) is 23.1. The number of carbonyl (C=O) groups is 1. The van der Waals surface area contributed by atoms with Gasteiger partial charge in [0.15, 0.2) is 0 Å². The van der Waals surface area contributed by atoms with E-state index in [9.17, 15) is 9.90 Å². The van der Waals surface area contributed by atoms with E-state index < -0.39 is 5.97 Å². The second-order valence-electron chi connectivity index (χ2n) is 7.70. The number of pyridine rings is 1. The molecule has 9 nitrogen and oxygen atoms in total. The number of aromatic nitrogens is 1. The molecule has 1 saturated carbocycles. The van der Waals surface area contributed by atoms with Crippen molar-refractivity contribution in [2.24, 2.45) is 9.98 Å². The van der Waals surface area contributed by atoms with Crippen LogP contribution in [0.1, 0.15) is 48.7 Å². The molecule has 0 aliphatic heterocycles. The zero-order chi connectivity index (χ0) is 23.3. The summed E-state index contributed by atoms with van der Waals surface area (Å²) in [5.74, 6) is 0.620. The number of allylic oxidation sites excluding steroid dienone is 1. The van der Waals surface area contributed by atoms with Crippen molar-refractivity contribution in [3.05, 3.63) is 41.4 Å². The summed E-state index contributed by atoms with van der Waals surface area (Å²) in [6.45, 7) is 7.03. The zero-order valence-electron chi connectivity index (χ0n) is 18.6. The number of nitrogens with zero attached hydrogens (tertiary/aromatic N) is 3. The van der Waals surface area contributed by atoms with Crippen LogP contribution in [0.2, 0.25) is 0 Å². The Balaban J connectivity index is 1.73. The number of aryl methyl sites for hydroxylation is 1. The predicted molar refractivity (Wildman–Crippen MR) is 125 cm³/mol. The first-order valence-electron chi connectivity index (χ1n) is 10.4. The molecule has 4 N–H and O–H groups in total. The summed E-state index contributed by atoms with van der Waals surface area (Å²) in [4.78, 5) is 24.6. The van der Waals surface area contributed by atoms with Crippen LogP contribution in [0.5, 0.6) is 5.75 Å². The molecule has 0 saturated heterocycles. The number of carboxylic acids is 1. The number of fused-ring (bicyclic) bond motifs is 1.